The Morgan fingerprint density at radius 1 is 0.926 bits per heavy atom. The Morgan fingerprint density at radius 3 is 2.00 bits per heavy atom. The number of carbonyl (C=O) groups excluding carboxylic acids is 2. The molecule has 6 nitrogen and oxygen atoms in total. The van der Waals surface area contributed by atoms with Gasteiger partial charge in [0.15, 0.2) is 0 Å². The summed E-state index contributed by atoms with van der Waals surface area (Å²) in [4.78, 5) is 24.7. The van der Waals surface area contributed by atoms with Gasteiger partial charge < -0.3 is 0 Å². The smallest absolute Gasteiger partial charge is 0.273 e. The van der Waals surface area contributed by atoms with Gasteiger partial charge in [-0.3, -0.25) is 14.5 Å². The first-order chi connectivity index (χ1) is 12.9. The number of halogens is 1. The molecule has 4 rings (SSSR count). The molecular weight excluding hydrogens is 391 g/mol. The number of thioether (sulfide) groups is 1. The van der Waals surface area contributed by atoms with E-state index in [1.54, 1.807) is 24.3 Å². The molecule has 0 bridgehead atoms. The molecular formula is C18H15FN2O4S2. The van der Waals surface area contributed by atoms with Crippen LogP contribution in [-0.4, -0.2) is 53.7 Å². The third-order valence-electron chi connectivity index (χ3n) is 4.65. The second-order valence-corrected chi connectivity index (χ2v) is 9.19. The Bertz CT molecular complexity index is 985. The highest BCUT2D eigenvalue weighted by Crippen LogP contribution is 2.30. The van der Waals surface area contributed by atoms with Crippen molar-refractivity contribution in [2.75, 3.05) is 18.8 Å². The van der Waals surface area contributed by atoms with Gasteiger partial charge in [0.2, 0.25) is 15.9 Å². The Hall–Kier alpha value is -2.23. The molecule has 0 aliphatic carbocycles. The lowest BCUT2D eigenvalue weighted by Gasteiger charge is -2.41. The first kappa shape index (κ1) is 18.1. The first-order valence-corrected chi connectivity index (χ1v) is 10.6. The van der Waals surface area contributed by atoms with Crippen LogP contribution in [0.1, 0.15) is 0 Å². The number of imide groups is 1. The minimum Gasteiger partial charge on any atom is -0.273 e. The van der Waals surface area contributed by atoms with Crippen molar-refractivity contribution >= 4 is 32.9 Å². The van der Waals surface area contributed by atoms with Gasteiger partial charge in [-0.1, -0.05) is 36.0 Å². The van der Waals surface area contributed by atoms with Crippen molar-refractivity contribution in [3.63, 3.8) is 0 Å². The lowest BCUT2D eigenvalue weighted by Crippen LogP contribution is -2.61. The first-order valence-electron chi connectivity index (χ1n) is 8.21. The van der Waals surface area contributed by atoms with Crippen LogP contribution in [0.25, 0.3) is 11.1 Å². The number of rotatable bonds is 4. The maximum absolute atomic E-state index is 13.0. The van der Waals surface area contributed by atoms with E-state index >= 15 is 0 Å². The largest absolute Gasteiger partial charge is 0.289 e. The Morgan fingerprint density at radius 2 is 1.48 bits per heavy atom. The van der Waals surface area contributed by atoms with Gasteiger partial charge in [0.25, 0.3) is 5.24 Å². The fourth-order valence-electron chi connectivity index (χ4n) is 3.10. The van der Waals surface area contributed by atoms with Crippen molar-refractivity contribution in [2.45, 2.75) is 10.9 Å². The normalized spacial score (nSPS) is 18.8. The van der Waals surface area contributed by atoms with E-state index in [2.05, 4.69) is 0 Å². The van der Waals surface area contributed by atoms with Crippen LogP contribution in [0.2, 0.25) is 0 Å². The van der Waals surface area contributed by atoms with E-state index in [0.29, 0.717) is 0 Å². The Labute approximate surface area is 160 Å². The number of benzene rings is 2. The molecule has 0 aromatic heterocycles. The predicted octanol–water partition coefficient (Wildman–Crippen LogP) is 2.56. The molecule has 2 aromatic rings. The van der Waals surface area contributed by atoms with Crippen molar-refractivity contribution in [3.8, 4) is 11.1 Å². The molecule has 0 atom stereocenters. The lowest BCUT2D eigenvalue weighted by atomic mass is 10.1. The minimum absolute atomic E-state index is 0.111. The zero-order valence-electron chi connectivity index (χ0n) is 14.0. The van der Waals surface area contributed by atoms with Gasteiger partial charge in [-0.05, 0) is 35.4 Å². The number of amides is 2. The highest BCUT2D eigenvalue weighted by atomic mass is 32.2. The molecule has 27 heavy (non-hydrogen) atoms. The van der Waals surface area contributed by atoms with Crippen molar-refractivity contribution in [1.29, 1.82) is 0 Å². The molecule has 0 N–H and O–H groups in total. The second-order valence-electron chi connectivity index (χ2n) is 6.33. The van der Waals surface area contributed by atoms with Gasteiger partial charge in [0, 0.05) is 13.1 Å². The van der Waals surface area contributed by atoms with Gasteiger partial charge in [-0.2, -0.15) is 4.31 Å². The van der Waals surface area contributed by atoms with Gasteiger partial charge in [-0.15, -0.1) is 0 Å². The number of hydrogen-bond donors (Lipinski definition) is 0. The summed E-state index contributed by atoms with van der Waals surface area (Å²) in [6, 6.07) is 11.9. The van der Waals surface area contributed by atoms with E-state index in [1.165, 1.54) is 28.6 Å². The molecule has 2 fully saturated rings. The summed E-state index contributed by atoms with van der Waals surface area (Å²) >= 11 is 0.943. The summed E-state index contributed by atoms with van der Waals surface area (Å²) in [5.41, 5.74) is 1.56. The minimum atomic E-state index is -3.69. The van der Waals surface area contributed by atoms with Gasteiger partial charge in [0.05, 0.1) is 16.7 Å². The monoisotopic (exact) mass is 406 g/mol. The molecule has 0 saturated carbocycles. The average Bonchev–Trinajstić information content (AvgIpc) is 2.94. The maximum atomic E-state index is 13.0. The van der Waals surface area contributed by atoms with Crippen LogP contribution in [0.15, 0.2) is 53.4 Å². The average molecular weight is 406 g/mol. The van der Waals surface area contributed by atoms with Crippen LogP contribution >= 0.6 is 11.8 Å². The molecule has 9 heteroatoms. The van der Waals surface area contributed by atoms with E-state index in [-0.39, 0.29) is 40.7 Å². The van der Waals surface area contributed by atoms with Gasteiger partial charge in [0.1, 0.15) is 5.82 Å². The van der Waals surface area contributed by atoms with Crippen molar-refractivity contribution in [1.82, 2.24) is 9.21 Å². The SMILES string of the molecule is O=C1CSC(=O)N1C1CN(S(=O)(=O)c2ccc(-c3ccc(F)cc3)cc2)C1. The van der Waals surface area contributed by atoms with E-state index in [4.69, 9.17) is 0 Å². The number of carbonyl (C=O) groups is 2. The third kappa shape index (κ3) is 3.26. The second kappa shape index (κ2) is 6.74. The molecule has 2 heterocycles. The topological polar surface area (TPSA) is 74.8 Å². The predicted molar refractivity (Wildman–Crippen MR) is 99.1 cm³/mol. The summed E-state index contributed by atoms with van der Waals surface area (Å²) in [6.07, 6.45) is 0. The van der Waals surface area contributed by atoms with E-state index in [9.17, 15) is 22.4 Å². The summed E-state index contributed by atoms with van der Waals surface area (Å²) in [7, 11) is -3.69. The Kier molecular flexibility index (Phi) is 4.53. The molecule has 2 aliphatic heterocycles. The third-order valence-corrected chi connectivity index (χ3v) is 7.33. The van der Waals surface area contributed by atoms with Crippen LogP contribution in [-0.2, 0) is 14.8 Å². The molecule has 2 aromatic carbocycles. The molecule has 2 saturated heterocycles. The number of nitrogens with zero attached hydrogens (tertiary/aromatic N) is 2. The van der Waals surface area contributed by atoms with Crippen LogP contribution < -0.4 is 0 Å². The lowest BCUT2D eigenvalue weighted by molar-refractivity contribution is -0.127. The van der Waals surface area contributed by atoms with Crippen molar-refractivity contribution in [2.24, 2.45) is 0 Å². The van der Waals surface area contributed by atoms with Crippen LogP contribution in [0.3, 0.4) is 0 Å². The maximum Gasteiger partial charge on any atom is 0.289 e. The van der Waals surface area contributed by atoms with Crippen LogP contribution in [0.5, 0.6) is 0 Å². The van der Waals surface area contributed by atoms with Crippen LogP contribution in [0, 0.1) is 5.82 Å². The highest BCUT2D eigenvalue weighted by molar-refractivity contribution is 8.14. The summed E-state index contributed by atoms with van der Waals surface area (Å²) in [6.45, 7) is 0.222. The fraction of sp³-hybridized carbons (Fsp3) is 0.222. The molecule has 0 unspecified atom stereocenters. The Balaban J connectivity index is 1.47. The van der Waals surface area contributed by atoms with Gasteiger partial charge in [-0.25, -0.2) is 12.8 Å². The fourth-order valence-corrected chi connectivity index (χ4v) is 5.39. The quantitative estimate of drug-likeness (QED) is 0.780. The van der Waals surface area contributed by atoms with E-state index < -0.39 is 16.1 Å². The zero-order valence-corrected chi connectivity index (χ0v) is 15.7. The zero-order chi connectivity index (χ0) is 19.2. The van der Waals surface area contributed by atoms with E-state index in [0.717, 1.165) is 27.8 Å². The van der Waals surface area contributed by atoms with E-state index in [1.807, 2.05) is 0 Å². The van der Waals surface area contributed by atoms with Crippen molar-refractivity contribution in [3.05, 3.63) is 54.3 Å². The van der Waals surface area contributed by atoms with Gasteiger partial charge >= 0.3 is 0 Å². The molecule has 0 spiro atoms. The molecule has 140 valence electrons. The molecule has 0 radical (unpaired) electrons. The molecule has 2 aliphatic rings. The number of sulfonamides is 1. The number of hydrogen-bond acceptors (Lipinski definition) is 5. The van der Waals surface area contributed by atoms with Crippen LogP contribution in [0.4, 0.5) is 9.18 Å². The summed E-state index contributed by atoms with van der Waals surface area (Å²) < 4.78 is 39.7. The summed E-state index contributed by atoms with van der Waals surface area (Å²) in [5, 5.41) is -0.314. The standard InChI is InChI=1S/C18H15FN2O4S2/c19-14-5-1-12(2-6-14)13-3-7-16(8-4-13)27(24,25)20-9-15(10-20)21-17(22)11-26-18(21)23/h1-8,15H,9-11H2. The summed E-state index contributed by atoms with van der Waals surface area (Å²) in [5.74, 6) is -0.484. The molecule has 2 amide bonds. The highest BCUT2D eigenvalue weighted by Gasteiger charge is 2.45. The van der Waals surface area contributed by atoms with Crippen molar-refractivity contribution < 1.29 is 22.4 Å².